The maximum Gasteiger partial charge on any atom is 0.326 e. The van der Waals surface area contributed by atoms with Crippen LogP contribution in [0.5, 0.6) is 11.5 Å². The fraction of sp³-hybridized carbons (Fsp3) is 0.314. The minimum Gasteiger partial charge on any atom is -0.508 e. The summed E-state index contributed by atoms with van der Waals surface area (Å²) in [4.78, 5) is 56.2. The Balaban J connectivity index is 1.60. The Kier molecular flexibility index (Phi) is 12.5. The number of aromatic hydroxyl groups is 2. The van der Waals surface area contributed by atoms with E-state index in [9.17, 15) is 34.5 Å². The number of aromatic nitrogens is 1. The molecule has 0 aliphatic carbocycles. The third kappa shape index (κ3) is 10.0. The van der Waals surface area contributed by atoms with E-state index in [1.54, 1.807) is 30.5 Å². The zero-order valence-electron chi connectivity index (χ0n) is 26.4. The highest BCUT2D eigenvalue weighted by Gasteiger charge is 2.31. The number of carbonyl (C=O) groups is 4. The molecule has 4 rings (SSSR count). The SMILES string of the molecule is NCCCCC(N)C(=O)NC(Cc1ccc(O)cc1)C(=O)NC(Cc1c[nH]c2ccccc12)C(=O)NC(Cc1ccc(O)cc1)C(=O)O. The molecule has 11 N–H and O–H groups in total. The van der Waals surface area contributed by atoms with Crippen LogP contribution in [-0.4, -0.2) is 74.7 Å². The summed E-state index contributed by atoms with van der Waals surface area (Å²) >= 11 is 0. The van der Waals surface area contributed by atoms with Crippen molar-refractivity contribution in [3.63, 3.8) is 0 Å². The monoisotopic (exact) mass is 658 g/mol. The van der Waals surface area contributed by atoms with Crippen molar-refractivity contribution in [1.29, 1.82) is 0 Å². The van der Waals surface area contributed by atoms with Crippen LogP contribution in [0.25, 0.3) is 10.9 Å². The number of carboxylic acids is 1. The number of carbonyl (C=O) groups excluding carboxylic acids is 3. The van der Waals surface area contributed by atoms with Crippen molar-refractivity contribution in [3.05, 3.63) is 95.7 Å². The van der Waals surface area contributed by atoms with Gasteiger partial charge in [0, 0.05) is 36.4 Å². The number of amides is 3. The largest absolute Gasteiger partial charge is 0.508 e. The van der Waals surface area contributed by atoms with Crippen LogP contribution in [0.4, 0.5) is 0 Å². The van der Waals surface area contributed by atoms with Crippen LogP contribution in [0.1, 0.15) is 36.0 Å². The molecule has 0 bridgehead atoms. The summed E-state index contributed by atoms with van der Waals surface area (Å²) in [6.45, 7) is 0.456. The lowest BCUT2D eigenvalue weighted by molar-refractivity contribution is -0.142. The van der Waals surface area contributed by atoms with E-state index in [4.69, 9.17) is 11.5 Å². The van der Waals surface area contributed by atoms with E-state index in [1.165, 1.54) is 24.3 Å². The van der Waals surface area contributed by atoms with Gasteiger partial charge in [0.05, 0.1) is 6.04 Å². The Morgan fingerprint density at radius 1 is 0.688 bits per heavy atom. The quantitative estimate of drug-likeness (QED) is 0.0749. The number of nitrogens with one attached hydrogen (secondary N) is 4. The van der Waals surface area contributed by atoms with Gasteiger partial charge in [0.2, 0.25) is 17.7 Å². The first kappa shape index (κ1) is 35.5. The van der Waals surface area contributed by atoms with Crippen LogP contribution < -0.4 is 27.4 Å². The van der Waals surface area contributed by atoms with Gasteiger partial charge in [-0.25, -0.2) is 4.79 Å². The summed E-state index contributed by atoms with van der Waals surface area (Å²) in [6.07, 6.45) is 3.35. The number of nitrogens with two attached hydrogens (primary N) is 2. The molecule has 0 spiro atoms. The third-order valence-electron chi connectivity index (χ3n) is 8.04. The Morgan fingerprint density at radius 2 is 1.21 bits per heavy atom. The molecule has 0 saturated carbocycles. The molecule has 0 aliphatic rings. The second kappa shape index (κ2) is 17.0. The number of aliphatic carboxylic acids is 1. The number of rotatable bonds is 17. The molecule has 0 saturated heterocycles. The number of phenolic OH excluding ortho intramolecular Hbond substituents is 2. The molecule has 4 aromatic rings. The first-order valence-electron chi connectivity index (χ1n) is 15.7. The average Bonchev–Trinajstić information content (AvgIpc) is 3.48. The molecule has 4 atom stereocenters. The molecule has 13 heteroatoms. The molecule has 3 aromatic carbocycles. The highest BCUT2D eigenvalue weighted by molar-refractivity contribution is 5.95. The number of unbranched alkanes of at least 4 members (excludes halogenated alkanes) is 1. The number of para-hydroxylation sites is 1. The molecule has 4 unspecified atom stereocenters. The highest BCUT2D eigenvalue weighted by atomic mass is 16.4. The molecule has 1 heterocycles. The summed E-state index contributed by atoms with van der Waals surface area (Å²) in [6, 6.07) is 14.9. The number of fused-ring (bicyclic) bond motifs is 1. The Morgan fingerprint density at radius 3 is 1.79 bits per heavy atom. The van der Waals surface area contributed by atoms with Crippen molar-refractivity contribution in [2.45, 2.75) is 62.7 Å². The lowest BCUT2D eigenvalue weighted by Gasteiger charge is -2.25. The van der Waals surface area contributed by atoms with Gasteiger partial charge < -0.3 is 47.7 Å². The van der Waals surface area contributed by atoms with E-state index in [1.807, 2.05) is 24.3 Å². The zero-order valence-corrected chi connectivity index (χ0v) is 26.4. The second-order valence-corrected chi connectivity index (χ2v) is 11.7. The van der Waals surface area contributed by atoms with Gasteiger partial charge in [0.25, 0.3) is 0 Å². The maximum atomic E-state index is 13.9. The number of aromatic amines is 1. The molecule has 3 amide bonds. The van der Waals surface area contributed by atoms with Crippen LogP contribution in [-0.2, 0) is 38.4 Å². The fourth-order valence-electron chi connectivity index (χ4n) is 5.34. The fourth-order valence-corrected chi connectivity index (χ4v) is 5.34. The predicted octanol–water partition coefficient (Wildman–Crippen LogP) is 1.60. The van der Waals surface area contributed by atoms with E-state index < -0.39 is 47.9 Å². The Labute approximate surface area is 277 Å². The molecule has 1 aromatic heterocycles. The number of phenols is 2. The van der Waals surface area contributed by atoms with Gasteiger partial charge in [0.1, 0.15) is 29.6 Å². The topological polar surface area (TPSA) is 233 Å². The second-order valence-electron chi connectivity index (χ2n) is 11.7. The maximum absolute atomic E-state index is 13.9. The van der Waals surface area contributed by atoms with Gasteiger partial charge in [-0.1, -0.05) is 48.9 Å². The molecule has 0 fully saturated rings. The van der Waals surface area contributed by atoms with Crippen molar-refractivity contribution in [2.24, 2.45) is 11.5 Å². The van der Waals surface area contributed by atoms with Gasteiger partial charge in [-0.3, -0.25) is 14.4 Å². The first-order chi connectivity index (χ1) is 23.0. The van der Waals surface area contributed by atoms with Gasteiger partial charge >= 0.3 is 5.97 Å². The van der Waals surface area contributed by atoms with Crippen LogP contribution >= 0.6 is 0 Å². The minimum atomic E-state index is -1.34. The number of hydrogen-bond donors (Lipinski definition) is 9. The van der Waals surface area contributed by atoms with Gasteiger partial charge in [0.15, 0.2) is 0 Å². The summed E-state index contributed by atoms with van der Waals surface area (Å²) in [5.74, 6) is -3.22. The van der Waals surface area contributed by atoms with Crippen molar-refractivity contribution in [1.82, 2.24) is 20.9 Å². The molecule has 13 nitrogen and oxygen atoms in total. The third-order valence-corrected chi connectivity index (χ3v) is 8.04. The van der Waals surface area contributed by atoms with E-state index in [0.717, 1.165) is 10.9 Å². The number of hydrogen-bond acceptors (Lipinski definition) is 8. The summed E-state index contributed by atoms with van der Waals surface area (Å²) in [7, 11) is 0. The predicted molar refractivity (Wildman–Crippen MR) is 180 cm³/mol. The van der Waals surface area contributed by atoms with Crippen molar-refractivity contribution >= 4 is 34.6 Å². The lowest BCUT2D eigenvalue weighted by Crippen LogP contribution is -2.58. The molecular formula is C35H42N6O7. The minimum absolute atomic E-state index is 0.00557. The van der Waals surface area contributed by atoms with E-state index >= 15 is 0 Å². The van der Waals surface area contributed by atoms with Gasteiger partial charge in [-0.2, -0.15) is 0 Å². The van der Waals surface area contributed by atoms with Crippen LogP contribution in [0, 0.1) is 0 Å². The van der Waals surface area contributed by atoms with Crippen molar-refractivity contribution in [2.75, 3.05) is 6.54 Å². The molecular weight excluding hydrogens is 616 g/mol. The number of carboxylic acid groups (broad SMARTS) is 1. The van der Waals surface area contributed by atoms with Gasteiger partial charge in [-0.05, 0) is 66.4 Å². The number of benzene rings is 3. The van der Waals surface area contributed by atoms with Crippen molar-refractivity contribution in [3.8, 4) is 11.5 Å². The van der Waals surface area contributed by atoms with Crippen LogP contribution in [0.2, 0.25) is 0 Å². The number of H-pyrrole nitrogens is 1. The standard InChI is InChI=1S/C35H42N6O7/c36-16-4-3-6-27(37)32(44)39-29(17-21-8-12-24(42)13-9-21)33(45)40-30(19-23-20-38-28-7-2-1-5-26(23)28)34(46)41-31(35(47)48)18-22-10-14-25(43)15-11-22/h1-2,5,7-15,20,27,29-31,38,42-43H,3-4,6,16-19,36-37H2,(H,39,44)(H,40,45)(H,41,46)(H,47,48). The Bertz CT molecular complexity index is 1690. The molecule has 0 aliphatic heterocycles. The molecule has 48 heavy (non-hydrogen) atoms. The molecule has 0 radical (unpaired) electrons. The lowest BCUT2D eigenvalue weighted by atomic mass is 10.0. The van der Waals surface area contributed by atoms with E-state index in [0.29, 0.717) is 42.5 Å². The molecule has 254 valence electrons. The Hall–Kier alpha value is -5.40. The van der Waals surface area contributed by atoms with E-state index in [-0.39, 0.29) is 30.8 Å². The summed E-state index contributed by atoms with van der Waals surface area (Å²) in [5.41, 5.74) is 14.4. The smallest absolute Gasteiger partial charge is 0.326 e. The summed E-state index contributed by atoms with van der Waals surface area (Å²) in [5, 5.41) is 38.1. The normalized spacial score (nSPS) is 13.6. The first-order valence-corrected chi connectivity index (χ1v) is 15.7. The van der Waals surface area contributed by atoms with Crippen molar-refractivity contribution < 1.29 is 34.5 Å². The average molecular weight is 659 g/mol. The summed E-state index contributed by atoms with van der Waals surface area (Å²) < 4.78 is 0. The van der Waals surface area contributed by atoms with Crippen LogP contribution in [0.3, 0.4) is 0 Å². The van der Waals surface area contributed by atoms with Crippen LogP contribution in [0.15, 0.2) is 79.0 Å². The highest BCUT2D eigenvalue weighted by Crippen LogP contribution is 2.20. The van der Waals surface area contributed by atoms with E-state index in [2.05, 4.69) is 20.9 Å². The van der Waals surface area contributed by atoms with Gasteiger partial charge in [-0.15, -0.1) is 0 Å². The zero-order chi connectivity index (χ0) is 34.6.